The van der Waals surface area contributed by atoms with Crippen molar-refractivity contribution >= 4 is 16.0 Å². The maximum Gasteiger partial charge on any atom is 0.318 e. The number of sulfonamides is 1. The van der Waals surface area contributed by atoms with Gasteiger partial charge in [0.25, 0.3) is 0 Å². The first-order valence-corrected chi connectivity index (χ1v) is 11.2. The van der Waals surface area contributed by atoms with Crippen molar-refractivity contribution in [2.24, 2.45) is 5.92 Å². The van der Waals surface area contributed by atoms with Gasteiger partial charge in [-0.1, -0.05) is 19.8 Å². The standard InChI is InChI=1S/C17H32N2O6S/c1-14-5-3-4-6-16(14)25-10-8-18-7-9-24-15(11-18)12-19(13-17(20)21)26(2,22)23/h14-16H,3-13H2,1-2H3,(H,20,21)/t14-,15+,16-/m1/s1. The molecule has 1 N–H and O–H groups in total. The number of nitrogens with zero attached hydrogens (tertiary/aromatic N) is 2. The Hall–Kier alpha value is -0.740. The minimum Gasteiger partial charge on any atom is -0.480 e. The number of hydrogen-bond acceptors (Lipinski definition) is 6. The van der Waals surface area contributed by atoms with Gasteiger partial charge in [-0.25, -0.2) is 8.42 Å². The summed E-state index contributed by atoms with van der Waals surface area (Å²) in [6.45, 7) is 5.07. The van der Waals surface area contributed by atoms with E-state index in [1.165, 1.54) is 19.3 Å². The van der Waals surface area contributed by atoms with Crippen molar-refractivity contribution in [2.45, 2.75) is 44.8 Å². The third-order valence-electron chi connectivity index (χ3n) is 5.18. The fourth-order valence-electron chi connectivity index (χ4n) is 3.65. The van der Waals surface area contributed by atoms with Crippen molar-refractivity contribution in [2.75, 3.05) is 52.2 Å². The summed E-state index contributed by atoms with van der Waals surface area (Å²) < 4.78 is 36.2. The Morgan fingerprint density at radius 2 is 2.08 bits per heavy atom. The molecule has 0 spiro atoms. The highest BCUT2D eigenvalue weighted by atomic mass is 32.2. The first kappa shape index (κ1) is 21.6. The Labute approximate surface area is 156 Å². The van der Waals surface area contributed by atoms with E-state index < -0.39 is 22.5 Å². The molecule has 0 bridgehead atoms. The smallest absolute Gasteiger partial charge is 0.318 e. The van der Waals surface area contributed by atoms with Crippen molar-refractivity contribution in [3.05, 3.63) is 0 Å². The molecule has 9 heteroatoms. The average molecular weight is 393 g/mol. The summed E-state index contributed by atoms with van der Waals surface area (Å²) in [5.74, 6) is -0.557. The quantitative estimate of drug-likeness (QED) is 0.615. The summed E-state index contributed by atoms with van der Waals surface area (Å²) in [6.07, 6.45) is 5.93. The highest BCUT2D eigenvalue weighted by Crippen LogP contribution is 2.26. The Bertz CT molecular complexity index is 555. The lowest BCUT2D eigenvalue weighted by atomic mass is 9.88. The van der Waals surface area contributed by atoms with Crippen LogP contribution >= 0.6 is 0 Å². The van der Waals surface area contributed by atoms with Crippen molar-refractivity contribution in [3.8, 4) is 0 Å². The summed E-state index contributed by atoms with van der Waals surface area (Å²) in [6, 6.07) is 0. The highest BCUT2D eigenvalue weighted by Gasteiger charge is 2.28. The average Bonchev–Trinajstić information content (AvgIpc) is 2.55. The van der Waals surface area contributed by atoms with E-state index in [1.807, 2.05) is 0 Å². The minimum atomic E-state index is -3.59. The molecule has 1 saturated carbocycles. The van der Waals surface area contributed by atoms with Crippen LogP contribution in [0.5, 0.6) is 0 Å². The van der Waals surface area contributed by atoms with Gasteiger partial charge in [-0.3, -0.25) is 9.69 Å². The Kier molecular flexibility index (Phi) is 8.28. The second-order valence-corrected chi connectivity index (χ2v) is 9.40. The van der Waals surface area contributed by atoms with Crippen LogP contribution < -0.4 is 0 Å². The number of hydrogen-bond donors (Lipinski definition) is 1. The Morgan fingerprint density at radius 1 is 1.35 bits per heavy atom. The molecule has 26 heavy (non-hydrogen) atoms. The summed E-state index contributed by atoms with van der Waals surface area (Å²) in [7, 11) is -3.59. The number of ether oxygens (including phenoxy) is 2. The molecule has 0 aromatic heterocycles. The largest absolute Gasteiger partial charge is 0.480 e. The third-order valence-corrected chi connectivity index (χ3v) is 6.40. The predicted octanol–water partition coefficient (Wildman–Crippen LogP) is 0.629. The molecule has 2 aliphatic rings. The van der Waals surface area contributed by atoms with Gasteiger partial charge in [0.05, 0.1) is 31.7 Å². The lowest BCUT2D eigenvalue weighted by Crippen LogP contribution is -2.50. The van der Waals surface area contributed by atoms with Gasteiger partial charge in [0.1, 0.15) is 6.54 Å². The second kappa shape index (κ2) is 9.98. The van der Waals surface area contributed by atoms with Crippen LogP contribution in [0.3, 0.4) is 0 Å². The van der Waals surface area contributed by atoms with Crippen LogP contribution in [0.15, 0.2) is 0 Å². The summed E-state index contributed by atoms with van der Waals surface area (Å²) >= 11 is 0. The van der Waals surface area contributed by atoms with Gasteiger partial charge in [-0.15, -0.1) is 0 Å². The fraction of sp³-hybridized carbons (Fsp3) is 0.941. The maximum atomic E-state index is 11.8. The lowest BCUT2D eigenvalue weighted by Gasteiger charge is -2.35. The monoisotopic (exact) mass is 392 g/mol. The molecule has 2 rings (SSSR count). The molecular weight excluding hydrogens is 360 g/mol. The van der Waals surface area contributed by atoms with E-state index in [0.29, 0.717) is 31.8 Å². The van der Waals surface area contributed by atoms with Gasteiger partial charge in [0.2, 0.25) is 10.0 Å². The van der Waals surface area contributed by atoms with Crippen LogP contribution in [0.2, 0.25) is 0 Å². The van der Waals surface area contributed by atoms with Gasteiger partial charge in [0, 0.05) is 26.2 Å². The molecule has 0 radical (unpaired) electrons. The van der Waals surface area contributed by atoms with Gasteiger partial charge in [0.15, 0.2) is 0 Å². The van der Waals surface area contributed by atoms with Crippen molar-refractivity contribution < 1.29 is 27.8 Å². The molecule has 1 aliphatic heterocycles. The summed E-state index contributed by atoms with van der Waals surface area (Å²) in [5, 5.41) is 8.92. The van der Waals surface area contributed by atoms with E-state index >= 15 is 0 Å². The first-order chi connectivity index (χ1) is 12.3. The van der Waals surface area contributed by atoms with E-state index in [-0.39, 0.29) is 12.6 Å². The molecule has 1 aliphatic carbocycles. The van der Waals surface area contributed by atoms with Gasteiger partial charge < -0.3 is 14.6 Å². The zero-order valence-electron chi connectivity index (χ0n) is 15.8. The van der Waals surface area contributed by atoms with Crippen LogP contribution in [0.4, 0.5) is 0 Å². The van der Waals surface area contributed by atoms with Crippen molar-refractivity contribution in [1.29, 1.82) is 0 Å². The number of carbonyl (C=O) groups is 1. The molecule has 2 fully saturated rings. The minimum absolute atomic E-state index is 0.0577. The van der Waals surface area contributed by atoms with E-state index in [1.54, 1.807) is 0 Å². The molecule has 1 heterocycles. The van der Waals surface area contributed by atoms with Crippen LogP contribution in [0, 0.1) is 5.92 Å². The number of carboxylic acid groups (broad SMARTS) is 1. The molecule has 0 aromatic rings. The van der Waals surface area contributed by atoms with E-state index in [4.69, 9.17) is 14.6 Å². The van der Waals surface area contributed by atoms with Crippen LogP contribution in [0.25, 0.3) is 0 Å². The fourth-order valence-corrected chi connectivity index (χ4v) is 4.43. The van der Waals surface area contributed by atoms with E-state index in [9.17, 15) is 13.2 Å². The predicted molar refractivity (Wildman–Crippen MR) is 97.6 cm³/mol. The van der Waals surface area contributed by atoms with Gasteiger partial charge >= 0.3 is 5.97 Å². The summed E-state index contributed by atoms with van der Waals surface area (Å²) in [4.78, 5) is 13.1. The van der Waals surface area contributed by atoms with Gasteiger partial charge in [-0.2, -0.15) is 4.31 Å². The molecule has 0 aromatic carbocycles. The summed E-state index contributed by atoms with van der Waals surface area (Å²) in [5.41, 5.74) is 0. The van der Waals surface area contributed by atoms with E-state index in [2.05, 4.69) is 11.8 Å². The molecule has 3 atom stereocenters. The van der Waals surface area contributed by atoms with Crippen molar-refractivity contribution in [3.63, 3.8) is 0 Å². The number of aliphatic carboxylic acids is 1. The zero-order valence-corrected chi connectivity index (χ0v) is 16.6. The first-order valence-electron chi connectivity index (χ1n) is 9.38. The maximum absolute atomic E-state index is 11.8. The SMILES string of the molecule is C[C@@H]1CCCC[C@H]1OCCN1CCO[C@H](CN(CC(=O)O)S(C)(=O)=O)C1. The van der Waals surface area contributed by atoms with Crippen LogP contribution in [0.1, 0.15) is 32.6 Å². The van der Waals surface area contributed by atoms with Gasteiger partial charge in [-0.05, 0) is 18.8 Å². The van der Waals surface area contributed by atoms with E-state index in [0.717, 1.165) is 30.1 Å². The zero-order chi connectivity index (χ0) is 19.2. The Morgan fingerprint density at radius 3 is 2.73 bits per heavy atom. The number of morpholine rings is 1. The number of rotatable bonds is 9. The topological polar surface area (TPSA) is 96.4 Å². The molecule has 0 unspecified atom stereocenters. The van der Waals surface area contributed by atoms with Crippen LogP contribution in [-0.2, 0) is 24.3 Å². The molecule has 1 saturated heterocycles. The molecule has 8 nitrogen and oxygen atoms in total. The normalized spacial score (nSPS) is 28.3. The highest BCUT2D eigenvalue weighted by molar-refractivity contribution is 7.88. The molecule has 152 valence electrons. The third kappa shape index (κ3) is 7.11. The molecular formula is C17H32N2O6S. The van der Waals surface area contributed by atoms with Crippen molar-refractivity contribution in [1.82, 2.24) is 9.21 Å². The van der Waals surface area contributed by atoms with Crippen LogP contribution in [-0.4, -0.2) is 93.1 Å². The Balaban J connectivity index is 1.77. The second-order valence-electron chi connectivity index (χ2n) is 7.41. The molecule has 0 amide bonds. The number of carboxylic acids is 1. The lowest BCUT2D eigenvalue weighted by molar-refractivity contribution is -0.137.